The third-order valence-corrected chi connectivity index (χ3v) is 4.88. The Bertz CT molecular complexity index is 844. The lowest BCUT2D eigenvalue weighted by Gasteiger charge is -2.36. The first-order chi connectivity index (χ1) is 14.1. The Balaban J connectivity index is 0.00000320. The Morgan fingerprint density at radius 3 is 2.33 bits per heavy atom. The lowest BCUT2D eigenvalue weighted by atomic mass is 10.1. The number of hydrogen-bond donors (Lipinski definition) is 1. The number of guanidine groups is 1. The second kappa shape index (κ2) is 11.6. The number of carbonyl (C=O) groups excluding carboxylic acids is 2. The predicted molar refractivity (Wildman–Crippen MR) is 124 cm³/mol. The molecule has 0 spiro atoms. The standard InChI is InChI=1S/C21H26N4O4.HI/c1-22-21(23-10-9-16-5-7-17(8-6-16)20(27)28-2)25-13-11-24(12-14-25)19(26)18-4-3-15-29-18;/h3-8,15H,9-14H2,1-2H3,(H,22,23);1H. The lowest BCUT2D eigenvalue weighted by Crippen LogP contribution is -2.54. The first-order valence-corrected chi connectivity index (χ1v) is 9.58. The molecule has 9 heteroatoms. The van der Waals surface area contributed by atoms with Gasteiger partial charge in [0.2, 0.25) is 0 Å². The topological polar surface area (TPSA) is 87.4 Å². The van der Waals surface area contributed by atoms with Gasteiger partial charge in [-0.2, -0.15) is 0 Å². The van der Waals surface area contributed by atoms with Gasteiger partial charge in [-0.1, -0.05) is 12.1 Å². The Kier molecular flexibility index (Phi) is 9.15. The Morgan fingerprint density at radius 2 is 1.77 bits per heavy atom. The highest BCUT2D eigenvalue weighted by Gasteiger charge is 2.25. The van der Waals surface area contributed by atoms with Gasteiger partial charge in [0.15, 0.2) is 11.7 Å². The van der Waals surface area contributed by atoms with Crippen molar-refractivity contribution in [3.05, 3.63) is 59.5 Å². The van der Waals surface area contributed by atoms with Crippen molar-refractivity contribution in [2.45, 2.75) is 6.42 Å². The molecule has 1 aliphatic heterocycles. The summed E-state index contributed by atoms with van der Waals surface area (Å²) in [6.45, 7) is 3.38. The van der Waals surface area contributed by atoms with Crippen LogP contribution in [0.15, 0.2) is 52.1 Å². The van der Waals surface area contributed by atoms with E-state index in [0.717, 1.165) is 24.5 Å². The van der Waals surface area contributed by atoms with Crippen LogP contribution in [0.25, 0.3) is 0 Å². The van der Waals surface area contributed by atoms with Crippen molar-refractivity contribution >= 4 is 41.8 Å². The van der Waals surface area contributed by atoms with E-state index < -0.39 is 0 Å². The van der Waals surface area contributed by atoms with E-state index in [0.29, 0.717) is 37.5 Å². The molecule has 162 valence electrons. The van der Waals surface area contributed by atoms with Gasteiger partial charge in [-0.3, -0.25) is 9.79 Å². The van der Waals surface area contributed by atoms with Crippen LogP contribution in [-0.4, -0.2) is 74.5 Å². The fourth-order valence-electron chi connectivity index (χ4n) is 3.25. The van der Waals surface area contributed by atoms with Crippen LogP contribution in [0.1, 0.15) is 26.5 Å². The molecule has 0 unspecified atom stereocenters. The minimum absolute atomic E-state index is 0. The first-order valence-electron chi connectivity index (χ1n) is 9.58. The van der Waals surface area contributed by atoms with E-state index in [1.165, 1.54) is 13.4 Å². The van der Waals surface area contributed by atoms with Gasteiger partial charge < -0.3 is 24.3 Å². The molecule has 1 amide bonds. The summed E-state index contributed by atoms with van der Waals surface area (Å²) in [5, 5.41) is 3.37. The predicted octanol–water partition coefficient (Wildman–Crippen LogP) is 2.26. The highest BCUT2D eigenvalue weighted by molar-refractivity contribution is 14.0. The van der Waals surface area contributed by atoms with Crippen LogP contribution in [0, 0.1) is 0 Å². The molecule has 0 aliphatic carbocycles. The third kappa shape index (κ3) is 5.97. The highest BCUT2D eigenvalue weighted by atomic mass is 127. The van der Waals surface area contributed by atoms with Gasteiger partial charge >= 0.3 is 5.97 Å². The van der Waals surface area contributed by atoms with E-state index in [1.807, 2.05) is 12.1 Å². The summed E-state index contributed by atoms with van der Waals surface area (Å²) < 4.78 is 9.91. The van der Waals surface area contributed by atoms with Crippen molar-refractivity contribution in [3.63, 3.8) is 0 Å². The molecule has 0 bridgehead atoms. The molecule has 1 saturated heterocycles. The summed E-state index contributed by atoms with van der Waals surface area (Å²) in [4.78, 5) is 32.2. The van der Waals surface area contributed by atoms with Gasteiger partial charge in [-0.05, 0) is 36.2 Å². The number of furan rings is 1. The Hall–Kier alpha value is -2.56. The SMILES string of the molecule is CN=C(NCCc1ccc(C(=O)OC)cc1)N1CCN(C(=O)c2ccco2)CC1.I. The average Bonchev–Trinajstić information content (AvgIpc) is 3.31. The fraction of sp³-hybridized carbons (Fsp3) is 0.381. The number of aliphatic imine (C=N–C) groups is 1. The van der Waals surface area contributed by atoms with E-state index >= 15 is 0 Å². The number of benzene rings is 1. The molecule has 0 radical (unpaired) electrons. The molecule has 1 N–H and O–H groups in total. The lowest BCUT2D eigenvalue weighted by molar-refractivity contribution is 0.0600. The average molecular weight is 526 g/mol. The molecule has 1 aromatic heterocycles. The number of hydrogen-bond acceptors (Lipinski definition) is 5. The van der Waals surface area contributed by atoms with Gasteiger partial charge in [0.25, 0.3) is 5.91 Å². The van der Waals surface area contributed by atoms with Gasteiger partial charge in [-0.15, -0.1) is 24.0 Å². The van der Waals surface area contributed by atoms with Gasteiger partial charge in [0.1, 0.15) is 0 Å². The maximum atomic E-state index is 12.4. The van der Waals surface area contributed by atoms with Crippen LogP contribution in [0.3, 0.4) is 0 Å². The van der Waals surface area contributed by atoms with Crippen LogP contribution in [0.2, 0.25) is 0 Å². The zero-order valence-electron chi connectivity index (χ0n) is 17.2. The van der Waals surface area contributed by atoms with E-state index in [-0.39, 0.29) is 35.9 Å². The summed E-state index contributed by atoms with van der Waals surface area (Å²) in [7, 11) is 3.13. The molecule has 3 rings (SSSR count). The van der Waals surface area contributed by atoms with Crippen molar-refractivity contribution in [2.75, 3.05) is 46.9 Å². The zero-order valence-corrected chi connectivity index (χ0v) is 19.5. The number of methoxy groups -OCH3 is 1. The quantitative estimate of drug-likeness (QED) is 0.279. The monoisotopic (exact) mass is 526 g/mol. The molecule has 1 aliphatic rings. The Labute approximate surface area is 193 Å². The highest BCUT2D eigenvalue weighted by Crippen LogP contribution is 2.10. The molecule has 30 heavy (non-hydrogen) atoms. The van der Waals surface area contributed by atoms with Crippen molar-refractivity contribution in [3.8, 4) is 0 Å². The van der Waals surface area contributed by atoms with E-state index in [1.54, 1.807) is 36.2 Å². The minimum atomic E-state index is -0.334. The summed E-state index contributed by atoms with van der Waals surface area (Å²) in [6.07, 6.45) is 2.32. The number of nitrogens with zero attached hydrogens (tertiary/aromatic N) is 3. The molecule has 2 heterocycles. The van der Waals surface area contributed by atoms with Gasteiger partial charge in [0.05, 0.1) is 18.9 Å². The number of ether oxygens (including phenoxy) is 1. The van der Waals surface area contributed by atoms with Crippen molar-refractivity contribution in [2.24, 2.45) is 4.99 Å². The number of halogens is 1. The number of piperazine rings is 1. The van der Waals surface area contributed by atoms with Crippen molar-refractivity contribution in [1.29, 1.82) is 0 Å². The Morgan fingerprint density at radius 1 is 1.10 bits per heavy atom. The smallest absolute Gasteiger partial charge is 0.337 e. The van der Waals surface area contributed by atoms with Crippen LogP contribution >= 0.6 is 24.0 Å². The maximum Gasteiger partial charge on any atom is 0.337 e. The third-order valence-electron chi connectivity index (χ3n) is 4.88. The zero-order chi connectivity index (χ0) is 20.6. The number of nitrogens with one attached hydrogen (secondary N) is 1. The fourth-order valence-corrected chi connectivity index (χ4v) is 3.25. The van der Waals surface area contributed by atoms with Gasteiger partial charge in [-0.25, -0.2) is 4.79 Å². The number of rotatable bonds is 5. The second-order valence-corrected chi connectivity index (χ2v) is 6.67. The molecular formula is C21H27IN4O4. The van der Waals surface area contributed by atoms with Crippen LogP contribution in [0.4, 0.5) is 0 Å². The molecule has 1 fully saturated rings. The van der Waals surface area contributed by atoms with E-state index in [2.05, 4.69) is 15.2 Å². The molecule has 0 atom stereocenters. The number of carbonyl (C=O) groups is 2. The summed E-state index contributed by atoms with van der Waals surface area (Å²) in [5.74, 6) is 0.785. The normalized spacial score (nSPS) is 14.1. The molecule has 1 aromatic carbocycles. The molecular weight excluding hydrogens is 499 g/mol. The maximum absolute atomic E-state index is 12.4. The minimum Gasteiger partial charge on any atom is -0.465 e. The molecule has 8 nitrogen and oxygen atoms in total. The van der Waals surface area contributed by atoms with E-state index in [4.69, 9.17) is 9.15 Å². The van der Waals surface area contributed by atoms with Crippen LogP contribution in [0.5, 0.6) is 0 Å². The van der Waals surface area contributed by atoms with Crippen molar-refractivity contribution in [1.82, 2.24) is 15.1 Å². The summed E-state index contributed by atoms with van der Waals surface area (Å²) >= 11 is 0. The second-order valence-electron chi connectivity index (χ2n) is 6.67. The molecule has 0 saturated carbocycles. The summed E-state index contributed by atoms with van der Waals surface area (Å²) in [5.41, 5.74) is 1.66. The van der Waals surface area contributed by atoms with Crippen molar-refractivity contribution < 1.29 is 18.7 Å². The largest absolute Gasteiger partial charge is 0.465 e. The van der Waals surface area contributed by atoms with Crippen LogP contribution < -0.4 is 5.32 Å². The first kappa shape index (κ1) is 23.7. The number of amides is 1. The number of esters is 1. The molecule has 2 aromatic rings. The van der Waals surface area contributed by atoms with Gasteiger partial charge in [0, 0.05) is 39.8 Å². The van der Waals surface area contributed by atoms with Crippen LogP contribution in [-0.2, 0) is 11.2 Å². The van der Waals surface area contributed by atoms with E-state index in [9.17, 15) is 9.59 Å². The summed E-state index contributed by atoms with van der Waals surface area (Å²) in [6, 6.07) is 10.8.